The molecule has 1 heterocycles. The fourth-order valence-corrected chi connectivity index (χ4v) is 2.04. The standard InChI is InChI=1S/C14H24N2O/c1-4-7-16(8-5-2)9-6-13-10-14(12(3)17)15-11-13/h10-11,15H,4-9H2,1-3H3. The second kappa shape index (κ2) is 7.28. The Morgan fingerprint density at radius 1 is 1.24 bits per heavy atom. The van der Waals surface area contributed by atoms with Gasteiger partial charge in [-0.2, -0.15) is 0 Å². The Morgan fingerprint density at radius 2 is 1.88 bits per heavy atom. The van der Waals surface area contributed by atoms with E-state index in [1.54, 1.807) is 6.92 Å². The summed E-state index contributed by atoms with van der Waals surface area (Å²) in [6, 6.07) is 1.97. The SMILES string of the molecule is CCCN(CCC)CCc1c[nH]c(C(C)=O)c1. The first-order chi connectivity index (χ1) is 8.17. The van der Waals surface area contributed by atoms with Gasteiger partial charge in [0.2, 0.25) is 0 Å². The number of ketones is 1. The van der Waals surface area contributed by atoms with Crippen LogP contribution >= 0.6 is 0 Å². The summed E-state index contributed by atoms with van der Waals surface area (Å²) in [5.74, 6) is 0.107. The van der Waals surface area contributed by atoms with Gasteiger partial charge < -0.3 is 9.88 Å². The molecule has 96 valence electrons. The highest BCUT2D eigenvalue weighted by Gasteiger charge is 2.06. The van der Waals surface area contributed by atoms with Crippen LogP contribution in [0.2, 0.25) is 0 Å². The van der Waals surface area contributed by atoms with Gasteiger partial charge in [0.05, 0.1) is 5.69 Å². The lowest BCUT2D eigenvalue weighted by atomic mass is 10.2. The number of carbonyl (C=O) groups excluding carboxylic acids is 1. The first-order valence-corrected chi connectivity index (χ1v) is 6.58. The van der Waals surface area contributed by atoms with E-state index in [1.165, 1.54) is 18.4 Å². The third-order valence-corrected chi connectivity index (χ3v) is 2.92. The molecule has 0 radical (unpaired) electrons. The molecule has 0 bridgehead atoms. The highest BCUT2D eigenvalue weighted by molar-refractivity contribution is 5.92. The van der Waals surface area contributed by atoms with E-state index >= 15 is 0 Å². The first kappa shape index (κ1) is 14.0. The Bertz CT molecular complexity index is 338. The summed E-state index contributed by atoms with van der Waals surface area (Å²) < 4.78 is 0. The fraction of sp³-hybridized carbons (Fsp3) is 0.643. The van der Waals surface area contributed by atoms with Gasteiger partial charge in [-0.1, -0.05) is 13.8 Å². The predicted octanol–water partition coefficient (Wildman–Crippen LogP) is 2.88. The zero-order valence-corrected chi connectivity index (χ0v) is 11.3. The molecule has 0 aliphatic carbocycles. The summed E-state index contributed by atoms with van der Waals surface area (Å²) >= 11 is 0. The minimum atomic E-state index is 0.107. The van der Waals surface area contributed by atoms with Crippen molar-refractivity contribution in [2.24, 2.45) is 0 Å². The smallest absolute Gasteiger partial charge is 0.175 e. The number of hydrogen-bond acceptors (Lipinski definition) is 2. The van der Waals surface area contributed by atoms with E-state index in [0.29, 0.717) is 0 Å². The van der Waals surface area contributed by atoms with Gasteiger partial charge >= 0.3 is 0 Å². The highest BCUT2D eigenvalue weighted by Crippen LogP contribution is 2.06. The maximum absolute atomic E-state index is 11.2. The maximum atomic E-state index is 11.2. The summed E-state index contributed by atoms with van der Waals surface area (Å²) in [6.07, 6.45) is 5.37. The Labute approximate surface area is 104 Å². The van der Waals surface area contributed by atoms with Crippen LogP contribution in [0.15, 0.2) is 12.3 Å². The van der Waals surface area contributed by atoms with Crippen molar-refractivity contribution in [3.05, 3.63) is 23.5 Å². The molecule has 0 atom stereocenters. The zero-order valence-electron chi connectivity index (χ0n) is 11.3. The lowest BCUT2D eigenvalue weighted by Gasteiger charge is -2.20. The largest absolute Gasteiger partial charge is 0.359 e. The summed E-state index contributed by atoms with van der Waals surface area (Å²) in [5.41, 5.74) is 1.95. The maximum Gasteiger partial charge on any atom is 0.175 e. The monoisotopic (exact) mass is 236 g/mol. The van der Waals surface area contributed by atoms with Gasteiger partial charge in [-0.3, -0.25) is 4.79 Å². The molecule has 0 saturated carbocycles. The fourth-order valence-electron chi connectivity index (χ4n) is 2.04. The van der Waals surface area contributed by atoms with Crippen molar-refractivity contribution >= 4 is 5.78 Å². The molecule has 1 aromatic rings. The quantitative estimate of drug-likeness (QED) is 0.705. The summed E-state index contributed by atoms with van der Waals surface area (Å²) in [5, 5.41) is 0. The van der Waals surface area contributed by atoms with E-state index in [4.69, 9.17) is 0 Å². The Morgan fingerprint density at radius 3 is 2.35 bits per heavy atom. The number of carbonyl (C=O) groups is 1. The predicted molar refractivity (Wildman–Crippen MR) is 71.5 cm³/mol. The number of rotatable bonds is 8. The van der Waals surface area contributed by atoms with Crippen LogP contribution in [-0.4, -0.2) is 35.3 Å². The number of aromatic nitrogens is 1. The van der Waals surface area contributed by atoms with E-state index in [1.807, 2.05) is 12.3 Å². The minimum Gasteiger partial charge on any atom is -0.359 e. The Kier molecular flexibility index (Phi) is 5.98. The summed E-state index contributed by atoms with van der Waals surface area (Å²) in [7, 11) is 0. The van der Waals surface area contributed by atoms with Crippen molar-refractivity contribution in [2.45, 2.75) is 40.0 Å². The number of Topliss-reactive ketones (excluding diaryl/α,β-unsaturated/α-hetero) is 1. The molecule has 1 N–H and O–H groups in total. The third kappa shape index (κ3) is 4.73. The van der Waals surface area contributed by atoms with Gasteiger partial charge in [-0.15, -0.1) is 0 Å². The normalized spacial score (nSPS) is 11.1. The molecule has 0 fully saturated rings. The van der Waals surface area contributed by atoms with Crippen molar-refractivity contribution in [1.29, 1.82) is 0 Å². The molecule has 0 unspecified atom stereocenters. The Balaban J connectivity index is 2.44. The van der Waals surface area contributed by atoms with Crippen LogP contribution in [0.4, 0.5) is 0 Å². The molecule has 1 aromatic heterocycles. The van der Waals surface area contributed by atoms with Crippen LogP contribution in [0.1, 0.15) is 49.7 Å². The van der Waals surface area contributed by atoms with E-state index in [9.17, 15) is 4.79 Å². The van der Waals surface area contributed by atoms with Crippen molar-refractivity contribution in [2.75, 3.05) is 19.6 Å². The molecule has 0 spiro atoms. The minimum absolute atomic E-state index is 0.107. The van der Waals surface area contributed by atoms with E-state index in [2.05, 4.69) is 23.7 Å². The molecule has 0 amide bonds. The molecule has 17 heavy (non-hydrogen) atoms. The van der Waals surface area contributed by atoms with Crippen LogP contribution in [0.3, 0.4) is 0 Å². The molecule has 3 heteroatoms. The first-order valence-electron chi connectivity index (χ1n) is 6.58. The van der Waals surface area contributed by atoms with Gasteiger partial charge in [0.25, 0.3) is 0 Å². The number of nitrogens with zero attached hydrogens (tertiary/aromatic N) is 1. The molecule has 0 aliphatic heterocycles. The number of aromatic amines is 1. The molecule has 1 rings (SSSR count). The average molecular weight is 236 g/mol. The van der Waals surface area contributed by atoms with Crippen molar-refractivity contribution in [3.8, 4) is 0 Å². The van der Waals surface area contributed by atoms with Crippen molar-refractivity contribution < 1.29 is 4.79 Å². The van der Waals surface area contributed by atoms with Crippen LogP contribution in [-0.2, 0) is 6.42 Å². The van der Waals surface area contributed by atoms with Crippen LogP contribution < -0.4 is 0 Å². The molecule has 0 aliphatic rings. The van der Waals surface area contributed by atoms with E-state index < -0.39 is 0 Å². The van der Waals surface area contributed by atoms with Crippen molar-refractivity contribution in [3.63, 3.8) is 0 Å². The van der Waals surface area contributed by atoms with E-state index in [-0.39, 0.29) is 5.78 Å². The summed E-state index contributed by atoms with van der Waals surface area (Å²) in [6.45, 7) is 9.43. The van der Waals surface area contributed by atoms with Crippen molar-refractivity contribution in [1.82, 2.24) is 9.88 Å². The number of H-pyrrole nitrogens is 1. The topological polar surface area (TPSA) is 36.1 Å². The highest BCUT2D eigenvalue weighted by atomic mass is 16.1. The third-order valence-electron chi connectivity index (χ3n) is 2.92. The van der Waals surface area contributed by atoms with Gasteiger partial charge in [0.1, 0.15) is 0 Å². The van der Waals surface area contributed by atoms with Crippen LogP contribution in [0, 0.1) is 0 Å². The number of hydrogen-bond donors (Lipinski definition) is 1. The molecule has 0 aromatic carbocycles. The molecular formula is C14H24N2O. The van der Waals surface area contributed by atoms with Gasteiger partial charge in [-0.05, 0) is 44.0 Å². The second-order valence-corrected chi connectivity index (χ2v) is 4.57. The van der Waals surface area contributed by atoms with Crippen LogP contribution in [0.25, 0.3) is 0 Å². The molecular weight excluding hydrogens is 212 g/mol. The second-order valence-electron chi connectivity index (χ2n) is 4.57. The summed E-state index contributed by atoms with van der Waals surface area (Å²) in [4.78, 5) is 16.7. The lowest BCUT2D eigenvalue weighted by molar-refractivity contribution is 0.101. The van der Waals surface area contributed by atoms with Gasteiger partial charge in [0.15, 0.2) is 5.78 Å². The molecule has 3 nitrogen and oxygen atoms in total. The average Bonchev–Trinajstić information content (AvgIpc) is 2.75. The van der Waals surface area contributed by atoms with E-state index in [0.717, 1.165) is 31.7 Å². The lowest BCUT2D eigenvalue weighted by Crippen LogP contribution is -2.27. The zero-order chi connectivity index (χ0) is 12.7. The van der Waals surface area contributed by atoms with Gasteiger partial charge in [-0.25, -0.2) is 0 Å². The number of nitrogens with one attached hydrogen (secondary N) is 1. The van der Waals surface area contributed by atoms with Crippen LogP contribution in [0.5, 0.6) is 0 Å². The Hall–Kier alpha value is -1.09. The van der Waals surface area contributed by atoms with Gasteiger partial charge in [0, 0.05) is 19.7 Å². The molecule has 0 saturated heterocycles.